The van der Waals surface area contributed by atoms with Crippen molar-refractivity contribution in [3.63, 3.8) is 0 Å². The number of aliphatic hydroxyl groups is 1. The number of carbonyl (C=O) groups is 3. The molecule has 0 radical (unpaired) electrons. The van der Waals surface area contributed by atoms with Crippen LogP contribution in [-0.2, 0) is 14.4 Å². The summed E-state index contributed by atoms with van der Waals surface area (Å²) in [5, 5.41) is 21.1. The van der Waals surface area contributed by atoms with Crippen LogP contribution in [0.4, 0.5) is 0 Å². The first kappa shape index (κ1) is 16.6. The average Bonchev–Trinajstić information content (AvgIpc) is 2.66. The molecule has 1 aliphatic heterocycles. The fourth-order valence-electron chi connectivity index (χ4n) is 2.45. The van der Waals surface area contributed by atoms with Crippen molar-refractivity contribution in [1.82, 2.24) is 10.2 Å². The van der Waals surface area contributed by atoms with Gasteiger partial charge in [0, 0.05) is 13.0 Å². The molecule has 0 aromatic heterocycles. The van der Waals surface area contributed by atoms with Gasteiger partial charge in [-0.2, -0.15) is 0 Å². The van der Waals surface area contributed by atoms with Crippen molar-refractivity contribution in [2.45, 2.75) is 45.4 Å². The Bertz CT molecular complexity index is 396. The molecule has 0 saturated carbocycles. The van der Waals surface area contributed by atoms with E-state index in [0.29, 0.717) is 0 Å². The number of carboxylic acids is 1. The van der Waals surface area contributed by atoms with Crippen molar-refractivity contribution >= 4 is 17.7 Å². The van der Waals surface area contributed by atoms with Crippen LogP contribution in [0, 0.1) is 5.92 Å². The van der Waals surface area contributed by atoms with E-state index in [1.807, 2.05) is 13.8 Å². The molecule has 0 aromatic carbocycles. The molecule has 1 heterocycles. The van der Waals surface area contributed by atoms with Gasteiger partial charge in [0.1, 0.15) is 6.04 Å². The predicted molar refractivity (Wildman–Crippen MR) is 71.1 cm³/mol. The summed E-state index contributed by atoms with van der Waals surface area (Å²) in [7, 11) is 0. The minimum atomic E-state index is -1.05. The van der Waals surface area contributed by atoms with Crippen molar-refractivity contribution in [2.75, 3.05) is 13.1 Å². The Balaban J connectivity index is 2.61. The van der Waals surface area contributed by atoms with Gasteiger partial charge in [0.05, 0.1) is 18.7 Å². The van der Waals surface area contributed by atoms with E-state index in [2.05, 4.69) is 5.32 Å². The van der Waals surface area contributed by atoms with Gasteiger partial charge < -0.3 is 15.5 Å². The largest absolute Gasteiger partial charge is 0.480 e. The number of β-amino-alcohol motifs (C(OH)–C–C–N with tert-alkyl or cyclic N) is 1. The first-order valence-corrected chi connectivity index (χ1v) is 6.67. The topological polar surface area (TPSA) is 107 Å². The van der Waals surface area contributed by atoms with Crippen LogP contribution in [0.2, 0.25) is 0 Å². The number of hydrogen-bond acceptors (Lipinski definition) is 5. The number of nitrogens with one attached hydrogen (secondary N) is 1. The lowest BCUT2D eigenvalue weighted by molar-refractivity contribution is -0.142. The van der Waals surface area contributed by atoms with E-state index in [1.165, 1.54) is 11.8 Å². The highest BCUT2D eigenvalue weighted by molar-refractivity contribution is 5.88. The quantitative estimate of drug-likeness (QED) is 0.592. The maximum Gasteiger partial charge on any atom is 0.321 e. The third-order valence-corrected chi connectivity index (χ3v) is 3.43. The van der Waals surface area contributed by atoms with Gasteiger partial charge in [0.25, 0.3) is 0 Å². The molecule has 3 atom stereocenters. The van der Waals surface area contributed by atoms with Gasteiger partial charge in [-0.15, -0.1) is 0 Å². The molecular weight excluding hydrogens is 264 g/mol. The van der Waals surface area contributed by atoms with Crippen molar-refractivity contribution in [3.05, 3.63) is 0 Å². The number of likely N-dealkylation sites (tertiary alicyclic amines) is 1. The summed E-state index contributed by atoms with van der Waals surface area (Å²) in [6.45, 7) is 5.07. The summed E-state index contributed by atoms with van der Waals surface area (Å²) < 4.78 is 0. The Hall–Kier alpha value is -1.47. The molecule has 0 aromatic rings. The van der Waals surface area contributed by atoms with Crippen LogP contribution in [0.3, 0.4) is 0 Å². The summed E-state index contributed by atoms with van der Waals surface area (Å²) in [6.07, 6.45) is -0.624. The number of Topliss-reactive ketones (excluding diaryl/α,β-unsaturated/α-hetero) is 1. The number of ketones is 1. The van der Waals surface area contributed by atoms with Crippen LogP contribution in [0.1, 0.15) is 27.2 Å². The van der Waals surface area contributed by atoms with Gasteiger partial charge in [0.15, 0.2) is 5.78 Å². The number of amides is 1. The van der Waals surface area contributed by atoms with Crippen LogP contribution >= 0.6 is 0 Å². The molecule has 1 amide bonds. The van der Waals surface area contributed by atoms with Crippen LogP contribution < -0.4 is 5.32 Å². The molecule has 114 valence electrons. The number of rotatable bonds is 6. The van der Waals surface area contributed by atoms with Gasteiger partial charge in [-0.05, 0) is 12.8 Å². The second-order valence-electron chi connectivity index (χ2n) is 5.57. The molecule has 1 rings (SSSR count). The number of carbonyl (C=O) groups excluding carboxylic acids is 2. The van der Waals surface area contributed by atoms with Crippen LogP contribution in [0.5, 0.6) is 0 Å². The molecule has 3 unspecified atom stereocenters. The first-order valence-electron chi connectivity index (χ1n) is 6.67. The Morgan fingerprint density at radius 3 is 2.40 bits per heavy atom. The normalized spacial score (nSPS) is 24.6. The molecule has 1 fully saturated rings. The van der Waals surface area contributed by atoms with Crippen molar-refractivity contribution < 1.29 is 24.6 Å². The zero-order valence-corrected chi connectivity index (χ0v) is 12.0. The van der Waals surface area contributed by atoms with E-state index in [-0.39, 0.29) is 31.2 Å². The van der Waals surface area contributed by atoms with Crippen molar-refractivity contribution in [1.29, 1.82) is 0 Å². The van der Waals surface area contributed by atoms with E-state index in [9.17, 15) is 19.5 Å². The number of hydrogen-bond donors (Lipinski definition) is 3. The Morgan fingerprint density at radius 2 is 1.95 bits per heavy atom. The summed E-state index contributed by atoms with van der Waals surface area (Å²) in [4.78, 5) is 35.8. The van der Waals surface area contributed by atoms with Crippen LogP contribution in [0.15, 0.2) is 0 Å². The highest BCUT2D eigenvalue weighted by Crippen LogP contribution is 2.17. The Morgan fingerprint density at radius 1 is 1.35 bits per heavy atom. The highest BCUT2D eigenvalue weighted by Gasteiger charge is 2.37. The molecule has 7 heteroatoms. The van der Waals surface area contributed by atoms with Gasteiger partial charge in [-0.3, -0.25) is 19.3 Å². The predicted octanol–water partition coefficient (Wildman–Crippen LogP) is -0.764. The van der Waals surface area contributed by atoms with Crippen LogP contribution in [0.25, 0.3) is 0 Å². The zero-order chi connectivity index (χ0) is 15.4. The monoisotopic (exact) mass is 286 g/mol. The Kier molecular flexibility index (Phi) is 5.64. The van der Waals surface area contributed by atoms with Gasteiger partial charge in [0.2, 0.25) is 5.91 Å². The molecule has 1 saturated heterocycles. The molecular formula is C13H22N2O5. The standard InChI is InChI=1S/C13H22N2O5/c1-7(2)12(8(3)16)14-11(18)6-15-5-9(17)4-10(15)13(19)20/h7,9-10,12,17H,4-6H2,1-3H3,(H,14,18)(H,19,20). The minimum Gasteiger partial charge on any atom is -0.480 e. The molecule has 1 aliphatic rings. The van der Waals surface area contributed by atoms with E-state index in [1.54, 1.807) is 0 Å². The number of carboxylic acid groups (broad SMARTS) is 1. The van der Waals surface area contributed by atoms with E-state index in [0.717, 1.165) is 0 Å². The third kappa shape index (κ3) is 4.28. The highest BCUT2D eigenvalue weighted by atomic mass is 16.4. The maximum atomic E-state index is 11.9. The lowest BCUT2D eigenvalue weighted by Crippen LogP contribution is -2.49. The first-order chi connectivity index (χ1) is 9.22. The number of nitrogens with zero attached hydrogens (tertiary/aromatic N) is 1. The maximum absolute atomic E-state index is 11.9. The van der Waals surface area contributed by atoms with Gasteiger partial charge in [-0.25, -0.2) is 0 Å². The fraction of sp³-hybridized carbons (Fsp3) is 0.769. The molecule has 0 spiro atoms. The number of aliphatic carboxylic acids is 1. The lowest BCUT2D eigenvalue weighted by atomic mass is 10.0. The zero-order valence-electron chi connectivity index (χ0n) is 12.0. The van der Waals surface area contributed by atoms with E-state index in [4.69, 9.17) is 5.11 Å². The van der Waals surface area contributed by atoms with Crippen LogP contribution in [-0.4, -0.2) is 64.0 Å². The molecule has 0 aliphatic carbocycles. The molecule has 3 N–H and O–H groups in total. The molecule has 7 nitrogen and oxygen atoms in total. The number of aliphatic hydroxyl groups excluding tert-OH is 1. The second kappa shape index (κ2) is 6.81. The Labute approximate surface area is 117 Å². The molecule has 0 bridgehead atoms. The van der Waals surface area contributed by atoms with E-state index < -0.39 is 30.1 Å². The second-order valence-corrected chi connectivity index (χ2v) is 5.57. The minimum absolute atomic E-state index is 0.0316. The molecule has 20 heavy (non-hydrogen) atoms. The SMILES string of the molecule is CC(=O)C(NC(=O)CN1CC(O)CC1C(=O)O)C(C)C. The van der Waals surface area contributed by atoms with Gasteiger partial charge >= 0.3 is 5.97 Å². The summed E-state index contributed by atoms with van der Waals surface area (Å²) >= 11 is 0. The smallest absolute Gasteiger partial charge is 0.321 e. The van der Waals surface area contributed by atoms with E-state index >= 15 is 0 Å². The summed E-state index contributed by atoms with van der Waals surface area (Å²) in [6, 6.07) is -1.43. The summed E-state index contributed by atoms with van der Waals surface area (Å²) in [5.41, 5.74) is 0. The lowest BCUT2D eigenvalue weighted by Gasteiger charge is -2.23. The van der Waals surface area contributed by atoms with Crippen molar-refractivity contribution in [3.8, 4) is 0 Å². The summed E-state index contributed by atoms with van der Waals surface area (Å²) in [5.74, 6) is -1.62. The average molecular weight is 286 g/mol. The van der Waals surface area contributed by atoms with Gasteiger partial charge in [-0.1, -0.05) is 13.8 Å². The third-order valence-electron chi connectivity index (χ3n) is 3.43. The van der Waals surface area contributed by atoms with Crippen molar-refractivity contribution in [2.24, 2.45) is 5.92 Å². The fourth-order valence-corrected chi connectivity index (χ4v) is 2.45.